The van der Waals surface area contributed by atoms with Crippen molar-refractivity contribution < 1.29 is 4.79 Å². The van der Waals surface area contributed by atoms with Gasteiger partial charge in [0.25, 0.3) is 0 Å². The largest absolute Gasteiger partial charge is 0.296 e. The summed E-state index contributed by atoms with van der Waals surface area (Å²) in [6.07, 6.45) is 11.0. The first-order chi connectivity index (χ1) is 14.2. The zero-order valence-electron chi connectivity index (χ0n) is 19.9. The smallest absolute Gasteiger partial charge is 0.225 e. The Morgan fingerprint density at radius 3 is 2.20 bits per heavy atom. The van der Waals surface area contributed by atoms with E-state index in [0.29, 0.717) is 34.6 Å². The molecule has 0 N–H and O–H groups in total. The minimum absolute atomic E-state index is 0.0698. The molecule has 0 radical (unpaired) electrons. The quantitative estimate of drug-likeness (QED) is 0.325. The highest BCUT2D eigenvalue weighted by Crippen LogP contribution is 2.23. The van der Waals surface area contributed by atoms with Crippen molar-refractivity contribution in [3.05, 3.63) is 22.9 Å². The van der Waals surface area contributed by atoms with E-state index in [4.69, 9.17) is 0 Å². The number of pyridine rings is 1. The zero-order chi connectivity index (χ0) is 22.6. The fourth-order valence-electron chi connectivity index (χ4n) is 3.44. The molecular weight excluding hydrogens is 370 g/mol. The molecule has 0 bridgehead atoms. The van der Waals surface area contributed by atoms with Crippen LogP contribution < -0.4 is 4.90 Å². The lowest BCUT2D eigenvalue weighted by Crippen LogP contribution is -2.30. The number of amides is 1. The molecule has 4 nitrogen and oxygen atoms in total. The maximum Gasteiger partial charge on any atom is 0.225 e. The van der Waals surface area contributed by atoms with Crippen molar-refractivity contribution in [1.29, 1.82) is 5.26 Å². The highest BCUT2D eigenvalue weighted by atomic mass is 16.2. The fraction of sp³-hybridized carbons (Fsp3) is 0.654. The molecule has 1 aromatic rings. The van der Waals surface area contributed by atoms with Crippen molar-refractivity contribution >= 4 is 11.7 Å². The number of carbonyl (C=O) groups excluding carboxylic acids is 1. The summed E-state index contributed by atoms with van der Waals surface area (Å²) in [5, 5.41) is 9.31. The minimum Gasteiger partial charge on any atom is -0.296 e. The second-order valence-electron chi connectivity index (χ2n) is 9.20. The molecular formula is C26H39N3O. The summed E-state index contributed by atoms with van der Waals surface area (Å²) in [7, 11) is 0. The summed E-state index contributed by atoms with van der Waals surface area (Å²) in [6, 6.07) is 3.92. The van der Waals surface area contributed by atoms with Crippen LogP contribution in [0.25, 0.3) is 0 Å². The molecule has 0 spiro atoms. The predicted octanol–water partition coefficient (Wildman–Crippen LogP) is 6.54. The number of nitriles is 1. The molecule has 1 heterocycles. The van der Waals surface area contributed by atoms with Crippen LogP contribution in [0.4, 0.5) is 5.82 Å². The average molecular weight is 410 g/mol. The molecule has 0 saturated heterocycles. The van der Waals surface area contributed by atoms with Gasteiger partial charge in [-0.2, -0.15) is 5.26 Å². The van der Waals surface area contributed by atoms with Gasteiger partial charge in [-0.15, -0.1) is 0 Å². The summed E-state index contributed by atoms with van der Waals surface area (Å²) < 4.78 is 0. The molecule has 0 aliphatic rings. The monoisotopic (exact) mass is 409 g/mol. The van der Waals surface area contributed by atoms with Crippen molar-refractivity contribution in [3.63, 3.8) is 0 Å². The number of anilines is 1. The predicted molar refractivity (Wildman–Crippen MR) is 125 cm³/mol. The number of aromatic nitrogens is 1. The number of hydrogen-bond donors (Lipinski definition) is 0. The van der Waals surface area contributed by atoms with Crippen LogP contribution in [0.1, 0.15) is 109 Å². The summed E-state index contributed by atoms with van der Waals surface area (Å²) in [6.45, 7) is 12.7. The number of carbonyl (C=O) groups is 1. The van der Waals surface area contributed by atoms with Crippen molar-refractivity contribution in [2.24, 2.45) is 5.41 Å². The highest BCUT2D eigenvalue weighted by molar-refractivity contribution is 5.91. The molecule has 0 aliphatic carbocycles. The van der Waals surface area contributed by atoms with Crippen LogP contribution in [0.2, 0.25) is 0 Å². The Bertz CT molecular complexity index is 787. The number of rotatable bonds is 10. The van der Waals surface area contributed by atoms with Gasteiger partial charge in [-0.3, -0.25) is 9.69 Å². The van der Waals surface area contributed by atoms with Crippen LogP contribution in [-0.4, -0.2) is 17.4 Å². The lowest BCUT2D eigenvalue weighted by atomic mass is 9.89. The molecule has 0 unspecified atom stereocenters. The topological polar surface area (TPSA) is 57.0 Å². The van der Waals surface area contributed by atoms with E-state index in [9.17, 15) is 10.1 Å². The van der Waals surface area contributed by atoms with E-state index in [0.717, 1.165) is 12.8 Å². The summed E-state index contributed by atoms with van der Waals surface area (Å²) in [5.74, 6) is 6.87. The van der Waals surface area contributed by atoms with Crippen molar-refractivity contribution in [2.75, 3.05) is 11.4 Å². The Hall–Kier alpha value is -2.33. The summed E-state index contributed by atoms with van der Waals surface area (Å²) in [4.78, 5) is 18.1. The van der Waals surface area contributed by atoms with E-state index in [1.807, 2.05) is 6.92 Å². The Kier molecular flexibility index (Phi) is 11.2. The Labute approximate surface area is 184 Å². The number of aryl methyl sites for hydroxylation is 1. The standard InChI is InChI=1S/C26H39N3O/c1-7-29(22(3)30)25-23(19-24(20-27)21(2)28-25)17-15-13-11-9-8-10-12-14-16-18-26(4,5)6/h19H,7-14,16,18H2,1-6H3. The van der Waals surface area contributed by atoms with Gasteiger partial charge in [-0.1, -0.05) is 71.1 Å². The van der Waals surface area contributed by atoms with Gasteiger partial charge in [0.2, 0.25) is 5.91 Å². The van der Waals surface area contributed by atoms with Crippen LogP contribution in [0.5, 0.6) is 0 Å². The van der Waals surface area contributed by atoms with Crippen molar-refractivity contribution in [3.8, 4) is 17.9 Å². The van der Waals surface area contributed by atoms with E-state index < -0.39 is 0 Å². The first-order valence-corrected chi connectivity index (χ1v) is 11.4. The lowest BCUT2D eigenvalue weighted by molar-refractivity contribution is -0.116. The van der Waals surface area contributed by atoms with Crippen LogP contribution >= 0.6 is 0 Å². The van der Waals surface area contributed by atoms with Crippen molar-refractivity contribution in [2.45, 2.75) is 99.3 Å². The van der Waals surface area contributed by atoms with E-state index in [2.05, 4.69) is 43.7 Å². The second kappa shape index (κ2) is 13.1. The summed E-state index contributed by atoms with van der Waals surface area (Å²) in [5.41, 5.74) is 2.25. The van der Waals surface area contributed by atoms with Crippen LogP contribution in [0, 0.1) is 35.5 Å². The van der Waals surface area contributed by atoms with Crippen molar-refractivity contribution in [1.82, 2.24) is 4.98 Å². The van der Waals surface area contributed by atoms with Gasteiger partial charge in [0.1, 0.15) is 6.07 Å². The third kappa shape index (κ3) is 9.45. The zero-order valence-corrected chi connectivity index (χ0v) is 19.9. The van der Waals surface area contributed by atoms with E-state index in [1.54, 1.807) is 17.9 Å². The van der Waals surface area contributed by atoms with Gasteiger partial charge in [-0.25, -0.2) is 4.98 Å². The van der Waals surface area contributed by atoms with Gasteiger partial charge in [0.15, 0.2) is 5.82 Å². The maximum atomic E-state index is 12.0. The third-order valence-electron chi connectivity index (χ3n) is 5.22. The lowest BCUT2D eigenvalue weighted by Gasteiger charge is -2.20. The van der Waals surface area contributed by atoms with Gasteiger partial charge in [-0.05, 0) is 38.2 Å². The van der Waals surface area contributed by atoms with Crippen LogP contribution in [0.3, 0.4) is 0 Å². The average Bonchev–Trinajstić information content (AvgIpc) is 2.66. The Balaban J connectivity index is 2.52. The van der Waals surface area contributed by atoms with E-state index >= 15 is 0 Å². The molecule has 1 rings (SSSR count). The number of nitrogens with zero attached hydrogens (tertiary/aromatic N) is 3. The first kappa shape index (κ1) is 25.7. The minimum atomic E-state index is -0.0698. The van der Waals surface area contributed by atoms with E-state index in [-0.39, 0.29) is 5.91 Å². The molecule has 0 fully saturated rings. The molecule has 164 valence electrons. The molecule has 0 saturated carbocycles. The molecule has 1 aromatic heterocycles. The van der Waals surface area contributed by atoms with Gasteiger partial charge in [0.05, 0.1) is 16.8 Å². The maximum absolute atomic E-state index is 12.0. The Morgan fingerprint density at radius 2 is 1.67 bits per heavy atom. The number of hydrogen-bond acceptors (Lipinski definition) is 3. The molecule has 0 aromatic carbocycles. The SMILES string of the molecule is CCN(C(C)=O)c1nc(C)c(C#N)cc1C#CCCCCCCCCCC(C)(C)C. The first-order valence-electron chi connectivity index (χ1n) is 11.4. The highest BCUT2D eigenvalue weighted by Gasteiger charge is 2.16. The van der Waals surface area contributed by atoms with Gasteiger partial charge >= 0.3 is 0 Å². The fourth-order valence-corrected chi connectivity index (χ4v) is 3.44. The van der Waals surface area contributed by atoms with Gasteiger partial charge < -0.3 is 0 Å². The molecule has 4 heteroatoms. The second-order valence-corrected chi connectivity index (χ2v) is 9.20. The number of unbranched alkanes of at least 4 members (excludes halogenated alkanes) is 7. The normalized spacial score (nSPS) is 10.8. The molecule has 30 heavy (non-hydrogen) atoms. The Morgan fingerprint density at radius 1 is 1.07 bits per heavy atom. The summed E-state index contributed by atoms with van der Waals surface area (Å²) >= 11 is 0. The molecule has 0 atom stereocenters. The third-order valence-corrected chi connectivity index (χ3v) is 5.22. The van der Waals surface area contributed by atoms with Crippen LogP contribution in [-0.2, 0) is 4.79 Å². The molecule has 1 amide bonds. The van der Waals surface area contributed by atoms with Crippen LogP contribution in [0.15, 0.2) is 6.07 Å². The molecule has 0 aliphatic heterocycles. The van der Waals surface area contributed by atoms with E-state index in [1.165, 1.54) is 51.9 Å². The van der Waals surface area contributed by atoms with Gasteiger partial charge in [0, 0.05) is 19.9 Å².